The molecule has 0 saturated heterocycles. The first-order valence-electron chi connectivity index (χ1n) is 6.32. The quantitative estimate of drug-likeness (QED) is 0.779. The highest BCUT2D eigenvalue weighted by molar-refractivity contribution is 7.92. The number of esters is 1. The molecule has 0 heterocycles. The Balaban J connectivity index is 3.20. The molecule has 0 amide bonds. The van der Waals surface area contributed by atoms with Gasteiger partial charge in [0.1, 0.15) is 0 Å². The minimum absolute atomic E-state index is 0.176. The summed E-state index contributed by atoms with van der Waals surface area (Å²) in [5, 5.41) is -1.13. The van der Waals surface area contributed by atoms with Gasteiger partial charge in [0.2, 0.25) is 0 Å². The fourth-order valence-corrected chi connectivity index (χ4v) is 3.49. The first kappa shape index (κ1) is 15.7. The second kappa shape index (κ2) is 6.19. The number of sulfone groups is 1. The van der Waals surface area contributed by atoms with E-state index < -0.39 is 21.1 Å². The molecule has 19 heavy (non-hydrogen) atoms. The SMILES string of the molecule is CCOC(=O)[C@@H](CC)S(=O)(=O)c1ccc(C)c(C)c1. The van der Waals surface area contributed by atoms with Crippen LogP contribution in [0.2, 0.25) is 0 Å². The van der Waals surface area contributed by atoms with Gasteiger partial charge in [0.15, 0.2) is 15.1 Å². The fraction of sp³-hybridized carbons (Fsp3) is 0.500. The van der Waals surface area contributed by atoms with Crippen LogP contribution in [-0.2, 0) is 19.4 Å². The van der Waals surface area contributed by atoms with Crippen LogP contribution in [0, 0.1) is 13.8 Å². The minimum Gasteiger partial charge on any atom is -0.465 e. The largest absolute Gasteiger partial charge is 0.465 e. The third-order valence-corrected chi connectivity index (χ3v) is 5.29. The lowest BCUT2D eigenvalue weighted by atomic mass is 10.1. The summed E-state index contributed by atoms with van der Waals surface area (Å²) in [4.78, 5) is 11.9. The van der Waals surface area contributed by atoms with Crippen molar-refractivity contribution in [1.29, 1.82) is 0 Å². The molecule has 0 aromatic heterocycles. The van der Waals surface area contributed by atoms with Crippen LogP contribution in [0.4, 0.5) is 0 Å². The summed E-state index contributed by atoms with van der Waals surface area (Å²) < 4.78 is 29.7. The van der Waals surface area contributed by atoms with Crippen molar-refractivity contribution in [1.82, 2.24) is 0 Å². The van der Waals surface area contributed by atoms with E-state index in [1.54, 1.807) is 32.0 Å². The lowest BCUT2D eigenvalue weighted by molar-refractivity contribution is -0.142. The molecular weight excluding hydrogens is 264 g/mol. The zero-order chi connectivity index (χ0) is 14.6. The molecule has 1 rings (SSSR count). The molecule has 0 radical (unpaired) electrons. The highest BCUT2D eigenvalue weighted by Crippen LogP contribution is 2.22. The molecule has 5 heteroatoms. The van der Waals surface area contributed by atoms with E-state index in [4.69, 9.17) is 4.74 Å². The van der Waals surface area contributed by atoms with Crippen LogP contribution in [0.1, 0.15) is 31.4 Å². The van der Waals surface area contributed by atoms with E-state index in [0.717, 1.165) is 11.1 Å². The second-order valence-electron chi connectivity index (χ2n) is 4.44. The van der Waals surface area contributed by atoms with Gasteiger partial charge in [0.25, 0.3) is 0 Å². The van der Waals surface area contributed by atoms with Crippen LogP contribution in [0.3, 0.4) is 0 Å². The summed E-state index contributed by atoms with van der Waals surface area (Å²) in [6.45, 7) is 7.26. The van der Waals surface area contributed by atoms with E-state index in [1.807, 2.05) is 13.8 Å². The zero-order valence-corrected chi connectivity index (χ0v) is 12.6. The molecule has 0 aliphatic rings. The Morgan fingerprint density at radius 1 is 1.21 bits per heavy atom. The maximum Gasteiger partial charge on any atom is 0.324 e. The monoisotopic (exact) mass is 284 g/mol. The predicted molar refractivity (Wildman–Crippen MR) is 73.8 cm³/mol. The van der Waals surface area contributed by atoms with Gasteiger partial charge in [0.05, 0.1) is 11.5 Å². The van der Waals surface area contributed by atoms with Gasteiger partial charge < -0.3 is 4.74 Å². The van der Waals surface area contributed by atoms with Crippen molar-refractivity contribution in [2.45, 2.75) is 44.3 Å². The van der Waals surface area contributed by atoms with Crippen molar-refractivity contribution in [3.8, 4) is 0 Å². The Bertz CT molecular complexity index is 561. The van der Waals surface area contributed by atoms with Crippen molar-refractivity contribution in [3.05, 3.63) is 29.3 Å². The molecule has 106 valence electrons. The lowest BCUT2D eigenvalue weighted by Gasteiger charge is -2.15. The number of hydrogen-bond acceptors (Lipinski definition) is 4. The van der Waals surface area contributed by atoms with Crippen molar-refractivity contribution >= 4 is 15.8 Å². The van der Waals surface area contributed by atoms with Gasteiger partial charge in [0, 0.05) is 0 Å². The number of carbonyl (C=O) groups is 1. The molecule has 0 saturated carbocycles. The van der Waals surface area contributed by atoms with E-state index in [9.17, 15) is 13.2 Å². The Morgan fingerprint density at radius 2 is 1.84 bits per heavy atom. The molecule has 0 N–H and O–H groups in total. The van der Waals surface area contributed by atoms with Gasteiger partial charge in [-0.1, -0.05) is 13.0 Å². The van der Waals surface area contributed by atoms with Crippen molar-refractivity contribution < 1.29 is 17.9 Å². The molecular formula is C14H20O4S. The van der Waals surface area contributed by atoms with Crippen LogP contribution in [0.5, 0.6) is 0 Å². The first-order chi connectivity index (χ1) is 8.84. The summed E-state index contributed by atoms with van der Waals surface area (Å²) in [6.07, 6.45) is 0.202. The summed E-state index contributed by atoms with van der Waals surface area (Å²) in [5.74, 6) is -0.678. The predicted octanol–water partition coefficient (Wildman–Crippen LogP) is 2.42. The van der Waals surface area contributed by atoms with Crippen LogP contribution in [0.15, 0.2) is 23.1 Å². The maximum atomic E-state index is 12.4. The Kier molecular flexibility index (Phi) is 5.11. The molecule has 4 nitrogen and oxygen atoms in total. The minimum atomic E-state index is -3.69. The number of benzene rings is 1. The number of aryl methyl sites for hydroxylation is 2. The van der Waals surface area contributed by atoms with Gasteiger partial charge in [-0.05, 0) is 50.5 Å². The van der Waals surface area contributed by atoms with Gasteiger partial charge >= 0.3 is 5.97 Å². The summed E-state index contributed by atoms with van der Waals surface area (Å²) in [7, 11) is -3.69. The van der Waals surface area contributed by atoms with Gasteiger partial charge in [-0.3, -0.25) is 4.79 Å². The zero-order valence-electron chi connectivity index (χ0n) is 11.8. The molecule has 0 spiro atoms. The van der Waals surface area contributed by atoms with Crippen LogP contribution in [-0.4, -0.2) is 26.2 Å². The van der Waals surface area contributed by atoms with E-state index in [0.29, 0.717) is 0 Å². The summed E-state index contributed by atoms with van der Waals surface area (Å²) in [5.41, 5.74) is 1.91. The maximum absolute atomic E-state index is 12.4. The van der Waals surface area contributed by atoms with E-state index >= 15 is 0 Å². The molecule has 0 fully saturated rings. The molecule has 0 unspecified atom stereocenters. The van der Waals surface area contributed by atoms with E-state index in [2.05, 4.69) is 0 Å². The van der Waals surface area contributed by atoms with Crippen molar-refractivity contribution in [2.24, 2.45) is 0 Å². The normalized spacial score (nSPS) is 13.1. The Labute approximate surface area is 114 Å². The molecule has 1 aromatic carbocycles. The topological polar surface area (TPSA) is 60.4 Å². The number of carbonyl (C=O) groups excluding carboxylic acids is 1. The third kappa shape index (κ3) is 3.35. The van der Waals surface area contributed by atoms with Gasteiger partial charge in [-0.2, -0.15) is 0 Å². The van der Waals surface area contributed by atoms with Crippen LogP contribution in [0.25, 0.3) is 0 Å². The Morgan fingerprint density at radius 3 is 2.32 bits per heavy atom. The van der Waals surface area contributed by atoms with E-state index in [1.165, 1.54) is 0 Å². The smallest absolute Gasteiger partial charge is 0.324 e. The van der Waals surface area contributed by atoms with Crippen molar-refractivity contribution in [2.75, 3.05) is 6.61 Å². The van der Waals surface area contributed by atoms with E-state index in [-0.39, 0.29) is 17.9 Å². The fourth-order valence-electron chi connectivity index (χ4n) is 1.80. The number of rotatable bonds is 5. The molecule has 0 bridgehead atoms. The molecule has 0 aliphatic heterocycles. The highest BCUT2D eigenvalue weighted by atomic mass is 32.2. The third-order valence-electron chi connectivity index (χ3n) is 3.10. The van der Waals surface area contributed by atoms with Crippen molar-refractivity contribution in [3.63, 3.8) is 0 Å². The first-order valence-corrected chi connectivity index (χ1v) is 7.87. The van der Waals surface area contributed by atoms with Gasteiger partial charge in [-0.15, -0.1) is 0 Å². The standard InChI is InChI=1S/C14H20O4S/c1-5-13(14(15)18-6-2)19(16,17)12-8-7-10(3)11(4)9-12/h7-9,13H,5-6H2,1-4H3/t13-/m1/s1. The Hall–Kier alpha value is -1.36. The number of hydrogen-bond donors (Lipinski definition) is 0. The molecule has 0 aliphatic carbocycles. The molecule has 1 aromatic rings. The number of ether oxygens (including phenoxy) is 1. The average molecular weight is 284 g/mol. The summed E-state index contributed by atoms with van der Waals surface area (Å²) >= 11 is 0. The summed E-state index contributed by atoms with van der Waals surface area (Å²) in [6, 6.07) is 4.90. The van der Waals surface area contributed by atoms with Gasteiger partial charge in [-0.25, -0.2) is 8.42 Å². The van der Waals surface area contributed by atoms with Crippen LogP contribution < -0.4 is 0 Å². The van der Waals surface area contributed by atoms with Crippen LogP contribution >= 0.6 is 0 Å². The highest BCUT2D eigenvalue weighted by Gasteiger charge is 2.33. The second-order valence-corrected chi connectivity index (χ2v) is 6.57. The molecule has 1 atom stereocenters. The lowest BCUT2D eigenvalue weighted by Crippen LogP contribution is -2.31. The average Bonchev–Trinajstić information content (AvgIpc) is 2.33.